The Morgan fingerprint density at radius 3 is 2.09 bits per heavy atom. The molecule has 0 spiro atoms. The molecule has 214 valence electrons. The summed E-state index contributed by atoms with van der Waals surface area (Å²) in [6, 6.07) is 32.8. The Balaban J connectivity index is 0.000000271. The van der Waals surface area contributed by atoms with Crippen LogP contribution in [0.25, 0.3) is 69.3 Å². The van der Waals surface area contributed by atoms with Gasteiger partial charge in [-0.3, -0.25) is 4.40 Å². The van der Waals surface area contributed by atoms with Crippen molar-refractivity contribution in [1.82, 2.24) is 4.40 Å². The van der Waals surface area contributed by atoms with E-state index >= 15 is 0 Å². The number of nitrogens with zero attached hydrogens (tertiary/aromatic N) is 1. The van der Waals surface area contributed by atoms with E-state index in [1.807, 2.05) is 11.3 Å². The molecule has 1 aliphatic rings. The van der Waals surface area contributed by atoms with Gasteiger partial charge in [-0.25, -0.2) is 0 Å². The van der Waals surface area contributed by atoms with E-state index in [1.54, 1.807) is 12.2 Å². The van der Waals surface area contributed by atoms with Crippen LogP contribution in [0.1, 0.15) is 12.8 Å². The second-order valence-electron chi connectivity index (χ2n) is 10.9. The molecule has 0 radical (unpaired) electrons. The van der Waals surface area contributed by atoms with E-state index in [4.69, 9.17) is 11.5 Å². The average molecular weight is 588 g/mol. The summed E-state index contributed by atoms with van der Waals surface area (Å²) >= 11 is 1.85. The molecule has 0 saturated carbocycles. The smallest absolute Gasteiger partial charge is 0.132 e. The molecular formula is C40H33N3S. The molecule has 8 aromatic rings. The molecule has 0 fully saturated rings. The molecule has 4 heteroatoms. The Labute approximate surface area is 260 Å². The van der Waals surface area contributed by atoms with Gasteiger partial charge < -0.3 is 11.5 Å². The van der Waals surface area contributed by atoms with E-state index < -0.39 is 0 Å². The van der Waals surface area contributed by atoms with E-state index in [-0.39, 0.29) is 0 Å². The largest absolute Gasteiger partial charge is 0.395 e. The van der Waals surface area contributed by atoms with Crippen LogP contribution < -0.4 is 11.5 Å². The molecule has 4 N–H and O–H groups in total. The SMILES string of the molecule is C1=CCCC=C1.C=CC=C.Nc1c(N)n2c3ccc4sc5ccc(-c6cccc7ccccc67)cc5c4c3c3cccc1c32. The molecular weight excluding hydrogens is 555 g/mol. The molecule has 0 amide bonds. The van der Waals surface area contributed by atoms with Crippen molar-refractivity contribution in [3.63, 3.8) is 0 Å². The van der Waals surface area contributed by atoms with Crippen molar-refractivity contribution < 1.29 is 0 Å². The number of anilines is 2. The zero-order valence-electron chi connectivity index (χ0n) is 24.5. The summed E-state index contributed by atoms with van der Waals surface area (Å²) in [5.41, 5.74) is 18.3. The lowest BCUT2D eigenvalue weighted by Gasteiger charge is -2.07. The monoisotopic (exact) mass is 587 g/mol. The molecule has 0 atom stereocenters. The van der Waals surface area contributed by atoms with Crippen molar-refractivity contribution >= 4 is 81.0 Å². The Morgan fingerprint density at radius 2 is 1.34 bits per heavy atom. The Kier molecular flexibility index (Phi) is 7.13. The Morgan fingerprint density at radius 1 is 0.659 bits per heavy atom. The molecule has 3 heterocycles. The lowest BCUT2D eigenvalue weighted by molar-refractivity contribution is 1.04. The van der Waals surface area contributed by atoms with Crippen LogP contribution in [-0.2, 0) is 0 Å². The lowest BCUT2D eigenvalue weighted by Crippen LogP contribution is -1.95. The van der Waals surface area contributed by atoms with Gasteiger partial charge in [-0.05, 0) is 59.0 Å². The summed E-state index contributed by atoms with van der Waals surface area (Å²) in [5.74, 6) is 0.622. The first kappa shape index (κ1) is 27.5. The van der Waals surface area contributed by atoms with Gasteiger partial charge in [0.1, 0.15) is 5.82 Å². The summed E-state index contributed by atoms with van der Waals surface area (Å²) in [7, 11) is 0. The summed E-state index contributed by atoms with van der Waals surface area (Å²) < 4.78 is 4.72. The third-order valence-corrected chi connectivity index (χ3v) is 9.48. The van der Waals surface area contributed by atoms with Gasteiger partial charge in [0.2, 0.25) is 0 Å². The first-order valence-corrected chi connectivity index (χ1v) is 15.7. The highest BCUT2D eigenvalue weighted by Gasteiger charge is 2.21. The minimum Gasteiger partial charge on any atom is -0.395 e. The molecule has 9 rings (SSSR count). The quantitative estimate of drug-likeness (QED) is 0.198. The number of thiophene rings is 1. The van der Waals surface area contributed by atoms with Crippen molar-refractivity contribution in [3.05, 3.63) is 141 Å². The summed E-state index contributed by atoms with van der Waals surface area (Å²) in [6.07, 6.45) is 14.3. The van der Waals surface area contributed by atoms with E-state index in [0.717, 1.165) is 16.4 Å². The molecule has 0 unspecified atom stereocenters. The molecule has 0 aliphatic heterocycles. The zero-order valence-corrected chi connectivity index (χ0v) is 25.3. The van der Waals surface area contributed by atoms with Crippen molar-refractivity contribution in [2.75, 3.05) is 11.5 Å². The molecule has 3 nitrogen and oxygen atoms in total. The number of hydrogen-bond donors (Lipinski definition) is 2. The highest BCUT2D eigenvalue weighted by Crippen LogP contribution is 2.47. The third kappa shape index (κ3) is 4.43. The predicted molar refractivity (Wildman–Crippen MR) is 196 cm³/mol. The Hall–Kier alpha value is -5.32. The third-order valence-electron chi connectivity index (χ3n) is 8.34. The number of nitrogens with two attached hydrogens (primary N) is 2. The van der Waals surface area contributed by atoms with Gasteiger partial charge in [-0.2, -0.15) is 0 Å². The fourth-order valence-electron chi connectivity index (χ4n) is 6.34. The van der Waals surface area contributed by atoms with Crippen LogP contribution in [0.3, 0.4) is 0 Å². The normalized spacial score (nSPS) is 12.5. The number of nitrogen functional groups attached to an aromatic ring is 2. The van der Waals surface area contributed by atoms with Crippen molar-refractivity contribution in [2.24, 2.45) is 0 Å². The van der Waals surface area contributed by atoms with Gasteiger partial charge in [0.15, 0.2) is 0 Å². The summed E-state index contributed by atoms with van der Waals surface area (Å²) in [4.78, 5) is 0. The van der Waals surface area contributed by atoms with Gasteiger partial charge in [-0.15, -0.1) is 11.3 Å². The number of allylic oxidation sites excluding steroid dienone is 6. The van der Waals surface area contributed by atoms with E-state index in [9.17, 15) is 0 Å². The van der Waals surface area contributed by atoms with Crippen LogP contribution in [-0.4, -0.2) is 4.40 Å². The average Bonchev–Trinajstić information content (AvgIpc) is 3.71. The summed E-state index contributed by atoms with van der Waals surface area (Å²) in [6.45, 7) is 6.72. The van der Waals surface area contributed by atoms with Crippen LogP contribution in [0, 0.1) is 0 Å². The van der Waals surface area contributed by atoms with Crippen LogP contribution in [0.15, 0.2) is 141 Å². The number of aromatic nitrogens is 1. The number of benzene rings is 5. The van der Waals surface area contributed by atoms with Crippen molar-refractivity contribution in [2.45, 2.75) is 12.8 Å². The maximum absolute atomic E-state index is 6.50. The fraction of sp³-hybridized carbons (Fsp3) is 0.0500. The standard InChI is InChI=1S/C30H19N3S.C6H8.C4H6/c31-28-21-10-4-9-20-26-23(33(29(20)21)30(28)32)12-14-25-27(26)22-15-17(11-13-24(22)34-25)19-8-3-6-16-5-1-2-7-18(16)19;1-2-4-6-5-3-1;1-3-4-2/h1-15H,31-32H2;1-4H,5-6H2;3-4H,1-2H2. The summed E-state index contributed by atoms with van der Waals surface area (Å²) in [5, 5.41) is 8.61. The minimum absolute atomic E-state index is 0.622. The maximum atomic E-state index is 6.50. The van der Waals surface area contributed by atoms with Crippen LogP contribution in [0.5, 0.6) is 0 Å². The number of para-hydroxylation sites is 1. The van der Waals surface area contributed by atoms with Crippen LogP contribution in [0.2, 0.25) is 0 Å². The van der Waals surface area contributed by atoms with Gasteiger partial charge in [0.05, 0.1) is 16.7 Å². The van der Waals surface area contributed by atoms with Gasteiger partial charge in [0.25, 0.3) is 0 Å². The lowest BCUT2D eigenvalue weighted by atomic mass is 9.96. The number of fused-ring (bicyclic) bond motifs is 8. The molecule has 3 aromatic heterocycles. The van der Waals surface area contributed by atoms with Gasteiger partial charge in [0, 0.05) is 36.3 Å². The minimum atomic E-state index is 0.622. The van der Waals surface area contributed by atoms with Crippen molar-refractivity contribution in [3.8, 4) is 11.1 Å². The molecule has 5 aromatic carbocycles. The molecule has 44 heavy (non-hydrogen) atoms. The zero-order chi connectivity index (χ0) is 30.2. The van der Waals surface area contributed by atoms with Crippen molar-refractivity contribution in [1.29, 1.82) is 0 Å². The van der Waals surface area contributed by atoms with Gasteiger partial charge in [-0.1, -0.05) is 116 Å². The maximum Gasteiger partial charge on any atom is 0.132 e. The van der Waals surface area contributed by atoms with E-state index in [0.29, 0.717) is 11.5 Å². The second kappa shape index (κ2) is 11.4. The highest BCUT2D eigenvalue weighted by molar-refractivity contribution is 7.26. The molecule has 0 saturated heterocycles. The molecule has 0 bridgehead atoms. The highest BCUT2D eigenvalue weighted by atomic mass is 32.1. The van der Waals surface area contributed by atoms with E-state index in [1.165, 1.54) is 65.7 Å². The topological polar surface area (TPSA) is 56.5 Å². The number of hydrogen-bond acceptors (Lipinski definition) is 3. The van der Waals surface area contributed by atoms with Crippen LogP contribution in [0.4, 0.5) is 11.5 Å². The first-order chi connectivity index (χ1) is 21.6. The second-order valence-corrected chi connectivity index (χ2v) is 12.0. The van der Waals surface area contributed by atoms with E-state index in [2.05, 4.69) is 133 Å². The Bertz CT molecular complexity index is 2380. The fourth-order valence-corrected chi connectivity index (χ4v) is 7.43. The van der Waals surface area contributed by atoms with Gasteiger partial charge >= 0.3 is 0 Å². The number of rotatable bonds is 2. The first-order valence-electron chi connectivity index (χ1n) is 14.8. The predicted octanol–water partition coefficient (Wildman–Crippen LogP) is 11.3. The molecule has 1 aliphatic carbocycles. The van der Waals surface area contributed by atoms with Crippen LogP contribution >= 0.6 is 11.3 Å².